The first-order chi connectivity index (χ1) is 13.3. The Kier molecular flexibility index (Phi) is 4.71. The van der Waals surface area contributed by atoms with Crippen LogP contribution in [-0.4, -0.2) is 16.9 Å². The Bertz CT molecular complexity index is 713. The van der Waals surface area contributed by atoms with Gasteiger partial charge >= 0.3 is 6.18 Å². The topological polar surface area (TPSA) is 20.2 Å². The molecule has 29 heavy (non-hydrogen) atoms. The molecule has 0 heterocycles. The maximum absolute atomic E-state index is 13.6. The van der Waals surface area contributed by atoms with Crippen molar-refractivity contribution in [1.29, 1.82) is 0 Å². The minimum Gasteiger partial charge on any atom is -0.380 e. The summed E-state index contributed by atoms with van der Waals surface area (Å²) >= 11 is 0. The molecule has 1 N–H and O–H groups in total. The van der Waals surface area contributed by atoms with Gasteiger partial charge in [0.05, 0.1) is 0 Å². The largest absolute Gasteiger partial charge is 0.417 e. The first-order valence-corrected chi connectivity index (χ1v) is 11.4. The van der Waals surface area contributed by atoms with E-state index in [0.717, 1.165) is 38.5 Å². The van der Waals surface area contributed by atoms with Gasteiger partial charge in [0.25, 0.3) is 0 Å². The van der Waals surface area contributed by atoms with E-state index < -0.39 is 17.2 Å². The lowest BCUT2D eigenvalue weighted by Gasteiger charge is -2.64. The van der Waals surface area contributed by atoms with Crippen LogP contribution >= 0.6 is 0 Å². The van der Waals surface area contributed by atoms with Gasteiger partial charge in [-0.2, -0.15) is 13.2 Å². The molecule has 4 aliphatic rings. The monoisotopic (exact) mass is 410 g/mol. The fourth-order valence-electron chi connectivity index (χ4n) is 8.97. The summed E-state index contributed by atoms with van der Waals surface area (Å²) in [6.07, 6.45) is 4.10. The van der Waals surface area contributed by atoms with Crippen molar-refractivity contribution in [3.05, 3.63) is 24.8 Å². The third-order valence-electron chi connectivity index (χ3n) is 10.3. The van der Waals surface area contributed by atoms with E-state index in [-0.39, 0.29) is 29.6 Å². The van der Waals surface area contributed by atoms with Crippen LogP contribution in [0.25, 0.3) is 0 Å². The molecule has 1 nitrogen and oxygen atoms in total. The number of rotatable bonds is 2. The zero-order chi connectivity index (χ0) is 21.5. The SMILES string of the molecule is C=C[C@@]12CC[C@H](C(=C)C)[C@@]1(C)CC[C@@H]1[C@H]3CC[C@](O)(C(F)(F)F)C[C@@]3(C)CC[C@H]12. The highest BCUT2D eigenvalue weighted by Gasteiger charge is 2.68. The van der Waals surface area contributed by atoms with Crippen LogP contribution in [0.2, 0.25) is 0 Å². The van der Waals surface area contributed by atoms with Gasteiger partial charge < -0.3 is 5.11 Å². The molecule has 0 spiro atoms. The van der Waals surface area contributed by atoms with E-state index in [0.29, 0.717) is 24.2 Å². The third-order valence-corrected chi connectivity index (χ3v) is 10.3. The van der Waals surface area contributed by atoms with E-state index >= 15 is 0 Å². The molecule has 4 heteroatoms. The van der Waals surface area contributed by atoms with Crippen LogP contribution in [0.4, 0.5) is 13.2 Å². The van der Waals surface area contributed by atoms with Crippen LogP contribution in [-0.2, 0) is 0 Å². The van der Waals surface area contributed by atoms with E-state index in [9.17, 15) is 18.3 Å². The summed E-state index contributed by atoms with van der Waals surface area (Å²) in [7, 11) is 0. The normalized spacial score (nSPS) is 52.2. The fraction of sp³-hybridized carbons (Fsp3) is 0.840. The Morgan fingerprint density at radius 1 is 1.00 bits per heavy atom. The van der Waals surface area contributed by atoms with Gasteiger partial charge in [-0.05, 0) is 105 Å². The van der Waals surface area contributed by atoms with Crippen LogP contribution < -0.4 is 0 Å². The zero-order valence-electron chi connectivity index (χ0n) is 18.2. The molecule has 0 aromatic carbocycles. The highest BCUT2D eigenvalue weighted by atomic mass is 19.4. The summed E-state index contributed by atoms with van der Waals surface area (Å²) in [4.78, 5) is 0. The Morgan fingerprint density at radius 3 is 2.24 bits per heavy atom. The van der Waals surface area contributed by atoms with Crippen LogP contribution in [0.3, 0.4) is 0 Å². The van der Waals surface area contributed by atoms with Gasteiger partial charge in [-0.15, -0.1) is 6.58 Å². The molecular formula is C25H37F3O. The van der Waals surface area contributed by atoms with E-state index in [1.165, 1.54) is 5.57 Å². The maximum atomic E-state index is 13.6. The molecule has 4 saturated carbocycles. The summed E-state index contributed by atoms with van der Waals surface area (Å²) in [5.74, 6) is 1.73. The molecule has 4 rings (SSSR count). The van der Waals surface area contributed by atoms with Gasteiger partial charge in [0, 0.05) is 0 Å². The molecule has 8 atom stereocenters. The first-order valence-electron chi connectivity index (χ1n) is 11.4. The first kappa shape index (κ1) is 21.5. The highest BCUT2D eigenvalue weighted by Crippen LogP contribution is 2.73. The second-order valence-corrected chi connectivity index (χ2v) is 11.5. The molecule has 4 fully saturated rings. The summed E-state index contributed by atoms with van der Waals surface area (Å²) in [6, 6.07) is 0. The lowest BCUT2D eigenvalue weighted by molar-refractivity contribution is -0.293. The molecule has 0 aliphatic heterocycles. The zero-order valence-corrected chi connectivity index (χ0v) is 18.2. The average molecular weight is 411 g/mol. The lowest BCUT2D eigenvalue weighted by Crippen LogP contribution is -2.60. The number of alkyl halides is 3. The summed E-state index contributed by atoms with van der Waals surface area (Å²) < 4.78 is 40.7. The standard InChI is InChI=1S/C25H37F3O/c1-6-23-13-9-18(16(2)3)22(23,5)12-7-17-19-10-14-24(29,25(26,27)28)15-21(19,4)11-8-20(17)23/h6,17-20,29H,1-2,7-15H2,3-5H3/t17-,18-,19-,20-,21-,22-,23+,24-/m1/s1. The van der Waals surface area contributed by atoms with Gasteiger partial charge in [0.15, 0.2) is 5.60 Å². The molecular weight excluding hydrogens is 373 g/mol. The van der Waals surface area contributed by atoms with Crippen molar-refractivity contribution in [2.24, 2.45) is 39.9 Å². The molecule has 164 valence electrons. The van der Waals surface area contributed by atoms with Crippen molar-refractivity contribution in [3.63, 3.8) is 0 Å². The molecule has 0 unspecified atom stereocenters. The number of aliphatic hydroxyl groups is 1. The van der Waals surface area contributed by atoms with Gasteiger partial charge in [-0.3, -0.25) is 0 Å². The van der Waals surface area contributed by atoms with Crippen molar-refractivity contribution in [2.75, 3.05) is 0 Å². The Labute approximate surface area is 173 Å². The number of hydrogen-bond donors (Lipinski definition) is 1. The Balaban J connectivity index is 1.67. The molecule has 0 aromatic rings. The van der Waals surface area contributed by atoms with Gasteiger partial charge in [0.2, 0.25) is 0 Å². The second kappa shape index (κ2) is 6.37. The summed E-state index contributed by atoms with van der Waals surface area (Å²) in [5, 5.41) is 10.4. The Hall–Kier alpha value is -0.770. The predicted octanol–water partition coefficient (Wildman–Crippen LogP) is 7.07. The second-order valence-electron chi connectivity index (χ2n) is 11.5. The fourth-order valence-corrected chi connectivity index (χ4v) is 8.97. The van der Waals surface area contributed by atoms with Crippen LogP contribution in [0.15, 0.2) is 24.8 Å². The average Bonchev–Trinajstić information content (AvgIpc) is 2.93. The summed E-state index contributed by atoms with van der Waals surface area (Å²) in [5.41, 5.74) is -1.44. The van der Waals surface area contributed by atoms with E-state index in [1.54, 1.807) is 0 Å². The number of allylic oxidation sites excluding steroid dienone is 2. The Morgan fingerprint density at radius 2 is 1.66 bits per heavy atom. The molecule has 4 aliphatic carbocycles. The quantitative estimate of drug-likeness (QED) is 0.483. The summed E-state index contributed by atoms with van der Waals surface area (Å²) in [6.45, 7) is 15.2. The molecule has 0 saturated heterocycles. The minimum absolute atomic E-state index is 0.0681. The van der Waals surface area contributed by atoms with Gasteiger partial charge in [-0.25, -0.2) is 0 Å². The molecule has 0 bridgehead atoms. The lowest BCUT2D eigenvalue weighted by atomic mass is 9.40. The number of hydrogen-bond acceptors (Lipinski definition) is 1. The van der Waals surface area contributed by atoms with Crippen molar-refractivity contribution in [2.45, 2.75) is 90.3 Å². The van der Waals surface area contributed by atoms with Crippen molar-refractivity contribution >= 4 is 0 Å². The van der Waals surface area contributed by atoms with Crippen molar-refractivity contribution in [3.8, 4) is 0 Å². The highest BCUT2D eigenvalue weighted by molar-refractivity contribution is 5.24. The maximum Gasteiger partial charge on any atom is 0.417 e. The van der Waals surface area contributed by atoms with Crippen LogP contribution in [0.5, 0.6) is 0 Å². The molecule has 0 aromatic heterocycles. The van der Waals surface area contributed by atoms with Crippen LogP contribution in [0.1, 0.15) is 78.6 Å². The smallest absolute Gasteiger partial charge is 0.380 e. The molecule has 0 amide bonds. The minimum atomic E-state index is -4.54. The van der Waals surface area contributed by atoms with Crippen LogP contribution in [0, 0.1) is 39.9 Å². The van der Waals surface area contributed by atoms with Gasteiger partial charge in [-0.1, -0.05) is 32.1 Å². The van der Waals surface area contributed by atoms with Gasteiger partial charge in [0.1, 0.15) is 0 Å². The van der Waals surface area contributed by atoms with Crippen molar-refractivity contribution < 1.29 is 18.3 Å². The van der Waals surface area contributed by atoms with E-state index in [4.69, 9.17) is 0 Å². The number of halogens is 3. The number of fused-ring (bicyclic) bond motifs is 5. The van der Waals surface area contributed by atoms with Crippen molar-refractivity contribution in [1.82, 2.24) is 0 Å². The van der Waals surface area contributed by atoms with E-state index in [1.807, 2.05) is 6.92 Å². The van der Waals surface area contributed by atoms with E-state index in [2.05, 4.69) is 33.1 Å². The predicted molar refractivity (Wildman–Crippen MR) is 110 cm³/mol. The molecule has 0 radical (unpaired) electrons. The third kappa shape index (κ3) is 2.69.